The largest absolute Gasteiger partial charge is 0.250 e. The van der Waals surface area contributed by atoms with Gasteiger partial charge in [0.1, 0.15) is 17.0 Å². The molecule has 1 aromatic carbocycles. The van der Waals surface area contributed by atoms with Gasteiger partial charge < -0.3 is 0 Å². The summed E-state index contributed by atoms with van der Waals surface area (Å²) in [6.45, 7) is 0. The molecule has 1 aromatic heterocycles. The molecule has 0 spiro atoms. The summed E-state index contributed by atoms with van der Waals surface area (Å²) in [5.41, 5.74) is 0.783. The summed E-state index contributed by atoms with van der Waals surface area (Å²) in [5.74, 6) is 0.326. The van der Waals surface area contributed by atoms with Gasteiger partial charge in [-0.2, -0.15) is 0 Å². The quantitative estimate of drug-likeness (QED) is 0.798. The number of halogens is 3. The zero-order valence-corrected chi connectivity index (χ0v) is 10.7. The van der Waals surface area contributed by atoms with Crippen molar-refractivity contribution in [2.75, 3.05) is 0 Å². The molecular formula is C10H8BrClFN3. The zero-order chi connectivity index (χ0) is 11.7. The molecule has 3 nitrogen and oxygen atoms in total. The van der Waals surface area contributed by atoms with Crippen LogP contribution in [0.15, 0.2) is 29.0 Å². The van der Waals surface area contributed by atoms with E-state index in [9.17, 15) is 4.39 Å². The van der Waals surface area contributed by atoms with E-state index in [0.717, 1.165) is 5.56 Å². The first-order valence-corrected chi connectivity index (χ1v) is 5.77. The Labute approximate surface area is 105 Å². The molecule has 0 bridgehead atoms. The summed E-state index contributed by atoms with van der Waals surface area (Å²) >= 11 is 9.41. The lowest BCUT2D eigenvalue weighted by Crippen LogP contribution is -2.03. The number of benzene rings is 1. The van der Waals surface area contributed by atoms with Crippen molar-refractivity contribution in [3.05, 3.63) is 46.2 Å². The topological polar surface area (TPSA) is 30.7 Å². The van der Waals surface area contributed by atoms with E-state index < -0.39 is 5.38 Å². The lowest BCUT2D eigenvalue weighted by Gasteiger charge is -2.08. The molecule has 6 heteroatoms. The number of aryl methyl sites for hydroxylation is 1. The molecule has 2 rings (SSSR count). The number of hydrogen-bond donors (Lipinski definition) is 0. The first-order chi connectivity index (χ1) is 7.58. The smallest absolute Gasteiger partial charge is 0.217 e. The minimum Gasteiger partial charge on any atom is -0.250 e. The molecule has 16 heavy (non-hydrogen) atoms. The van der Waals surface area contributed by atoms with Gasteiger partial charge in [-0.15, -0.1) is 16.7 Å². The number of hydrogen-bond acceptors (Lipinski definition) is 2. The van der Waals surface area contributed by atoms with Crippen molar-refractivity contribution >= 4 is 27.5 Å². The second kappa shape index (κ2) is 4.51. The number of aromatic nitrogens is 3. The van der Waals surface area contributed by atoms with Gasteiger partial charge in [-0.05, 0) is 33.6 Å². The van der Waals surface area contributed by atoms with E-state index in [1.54, 1.807) is 23.9 Å². The molecule has 0 saturated carbocycles. The lowest BCUT2D eigenvalue weighted by atomic mass is 10.1. The van der Waals surface area contributed by atoms with Crippen molar-refractivity contribution in [3.8, 4) is 0 Å². The Morgan fingerprint density at radius 3 is 2.50 bits per heavy atom. The lowest BCUT2D eigenvalue weighted by molar-refractivity contribution is 0.626. The highest BCUT2D eigenvalue weighted by Crippen LogP contribution is 2.27. The van der Waals surface area contributed by atoms with Gasteiger partial charge in [0.25, 0.3) is 0 Å². The van der Waals surface area contributed by atoms with Crippen LogP contribution in [0.4, 0.5) is 4.39 Å². The van der Waals surface area contributed by atoms with E-state index in [1.807, 2.05) is 0 Å². The minimum absolute atomic E-state index is 0.285. The van der Waals surface area contributed by atoms with Crippen molar-refractivity contribution in [2.45, 2.75) is 5.38 Å². The number of rotatable bonds is 2. The first-order valence-electron chi connectivity index (χ1n) is 4.54. The highest BCUT2D eigenvalue weighted by atomic mass is 79.9. The Balaban J connectivity index is 2.35. The van der Waals surface area contributed by atoms with Crippen LogP contribution in [-0.2, 0) is 7.05 Å². The highest BCUT2D eigenvalue weighted by Gasteiger charge is 2.17. The Kier molecular flexibility index (Phi) is 3.25. The summed E-state index contributed by atoms with van der Waals surface area (Å²) in [4.78, 5) is 4.15. The van der Waals surface area contributed by atoms with Crippen LogP contribution < -0.4 is 0 Å². The van der Waals surface area contributed by atoms with Crippen LogP contribution in [-0.4, -0.2) is 14.8 Å². The first kappa shape index (κ1) is 11.5. The van der Waals surface area contributed by atoms with Crippen molar-refractivity contribution in [2.24, 2.45) is 7.05 Å². The fourth-order valence-corrected chi connectivity index (χ4v) is 2.12. The summed E-state index contributed by atoms with van der Waals surface area (Å²) in [5, 5.41) is 3.60. The number of nitrogens with zero attached hydrogens (tertiary/aromatic N) is 3. The standard InChI is InChI=1S/C10H8BrClFN3/c1-16-9(14-10(11)15-16)8(12)6-2-4-7(13)5-3-6/h2-5,8H,1H3. The third-order valence-corrected chi connectivity index (χ3v) is 2.94. The fraction of sp³-hybridized carbons (Fsp3) is 0.200. The molecule has 0 amide bonds. The maximum Gasteiger partial charge on any atom is 0.217 e. The molecule has 0 fully saturated rings. The van der Waals surface area contributed by atoms with E-state index in [1.165, 1.54) is 12.1 Å². The third kappa shape index (κ3) is 2.25. The fourth-order valence-electron chi connectivity index (χ4n) is 1.37. The molecule has 0 N–H and O–H groups in total. The van der Waals surface area contributed by atoms with Gasteiger partial charge in [0.15, 0.2) is 0 Å². The van der Waals surface area contributed by atoms with Crippen LogP contribution in [0.2, 0.25) is 0 Å². The monoisotopic (exact) mass is 303 g/mol. The summed E-state index contributed by atoms with van der Waals surface area (Å²) in [6.07, 6.45) is 0. The Hall–Kier alpha value is -0.940. The highest BCUT2D eigenvalue weighted by molar-refractivity contribution is 9.10. The molecular weight excluding hydrogens is 296 g/mol. The molecule has 2 aromatic rings. The van der Waals surface area contributed by atoms with Gasteiger partial charge >= 0.3 is 0 Å². The van der Waals surface area contributed by atoms with E-state index in [0.29, 0.717) is 10.6 Å². The van der Waals surface area contributed by atoms with Crippen LogP contribution in [0.25, 0.3) is 0 Å². The molecule has 0 radical (unpaired) electrons. The second-order valence-corrected chi connectivity index (χ2v) is 4.42. The zero-order valence-electron chi connectivity index (χ0n) is 8.36. The van der Waals surface area contributed by atoms with E-state index in [2.05, 4.69) is 26.0 Å². The molecule has 0 aliphatic heterocycles. The maximum atomic E-state index is 12.8. The molecule has 1 atom stereocenters. The predicted octanol–water partition coefficient (Wildman–Crippen LogP) is 3.04. The van der Waals surface area contributed by atoms with Crippen LogP contribution in [0.5, 0.6) is 0 Å². The van der Waals surface area contributed by atoms with Gasteiger partial charge in [-0.1, -0.05) is 12.1 Å². The van der Waals surface area contributed by atoms with Crippen LogP contribution in [0.3, 0.4) is 0 Å². The van der Waals surface area contributed by atoms with Gasteiger partial charge in [0, 0.05) is 7.05 Å². The molecule has 1 unspecified atom stereocenters. The summed E-state index contributed by atoms with van der Waals surface area (Å²) in [6, 6.07) is 6.01. The SMILES string of the molecule is Cn1nc(Br)nc1C(Cl)c1ccc(F)cc1. The second-order valence-electron chi connectivity index (χ2n) is 3.28. The van der Waals surface area contributed by atoms with Crippen LogP contribution in [0, 0.1) is 5.82 Å². The van der Waals surface area contributed by atoms with Crippen molar-refractivity contribution in [1.29, 1.82) is 0 Å². The van der Waals surface area contributed by atoms with Crippen LogP contribution >= 0.6 is 27.5 Å². The normalized spacial score (nSPS) is 12.8. The van der Waals surface area contributed by atoms with Gasteiger partial charge in [-0.25, -0.2) is 9.37 Å². The average Bonchev–Trinajstić information content (AvgIpc) is 2.58. The van der Waals surface area contributed by atoms with Gasteiger partial charge in [0.05, 0.1) is 0 Å². The van der Waals surface area contributed by atoms with E-state index in [4.69, 9.17) is 11.6 Å². The maximum absolute atomic E-state index is 12.8. The third-order valence-electron chi connectivity index (χ3n) is 2.16. The minimum atomic E-state index is -0.440. The molecule has 84 valence electrons. The predicted molar refractivity (Wildman–Crippen MR) is 62.8 cm³/mol. The Morgan fingerprint density at radius 2 is 2.00 bits per heavy atom. The van der Waals surface area contributed by atoms with Gasteiger partial charge in [0.2, 0.25) is 4.73 Å². The Bertz CT molecular complexity index is 497. The Morgan fingerprint density at radius 1 is 1.38 bits per heavy atom. The number of alkyl halides is 1. The summed E-state index contributed by atoms with van der Waals surface area (Å²) < 4.78 is 14.8. The molecule has 0 aliphatic carbocycles. The van der Waals surface area contributed by atoms with Crippen molar-refractivity contribution < 1.29 is 4.39 Å². The molecule has 0 saturated heterocycles. The molecule has 0 aliphatic rings. The van der Waals surface area contributed by atoms with Crippen molar-refractivity contribution in [1.82, 2.24) is 14.8 Å². The summed E-state index contributed by atoms with van der Waals surface area (Å²) in [7, 11) is 1.76. The van der Waals surface area contributed by atoms with E-state index >= 15 is 0 Å². The van der Waals surface area contributed by atoms with Crippen LogP contribution in [0.1, 0.15) is 16.8 Å². The molecule has 1 heterocycles. The average molecular weight is 305 g/mol. The van der Waals surface area contributed by atoms with E-state index in [-0.39, 0.29) is 5.82 Å². The van der Waals surface area contributed by atoms with Crippen molar-refractivity contribution in [3.63, 3.8) is 0 Å². The van der Waals surface area contributed by atoms with Gasteiger partial charge in [-0.3, -0.25) is 4.68 Å².